The molecule has 0 aromatic carbocycles. The van der Waals surface area contributed by atoms with E-state index in [1.165, 1.54) is 5.56 Å². The van der Waals surface area contributed by atoms with Gasteiger partial charge in [0.1, 0.15) is 5.69 Å². The summed E-state index contributed by atoms with van der Waals surface area (Å²) >= 11 is -1.91. The lowest BCUT2D eigenvalue weighted by Crippen LogP contribution is -2.36. The largest absolute Gasteiger partial charge is 0.354 e. The summed E-state index contributed by atoms with van der Waals surface area (Å²) in [5.74, 6) is 1.34. The van der Waals surface area contributed by atoms with E-state index in [0.717, 1.165) is 49.1 Å². The molecule has 30 heavy (non-hydrogen) atoms. The van der Waals surface area contributed by atoms with Crippen molar-refractivity contribution in [1.29, 1.82) is 0 Å². The second-order valence-corrected chi connectivity index (χ2v) is 9.79. The number of carbonyl (C=O) groups is 1. The fraction of sp³-hybridized carbons (Fsp3) is 0.565. The Balaban J connectivity index is 1.66. The Morgan fingerprint density at radius 2 is 2.07 bits per heavy atom. The molecule has 4 rings (SSSR count). The van der Waals surface area contributed by atoms with Crippen molar-refractivity contribution in [1.82, 2.24) is 9.88 Å². The number of rotatable bonds is 8. The van der Waals surface area contributed by atoms with Crippen LogP contribution in [0.2, 0.25) is 0 Å². The molecule has 4 atom stereocenters. The maximum Gasteiger partial charge on any atom is 0.272 e. The summed E-state index contributed by atoms with van der Waals surface area (Å²) in [6.07, 6.45) is 13.6. The molecule has 3 aliphatic carbocycles. The lowest BCUT2D eigenvalue weighted by atomic mass is 9.89. The normalized spacial score (nSPS) is 25.0. The van der Waals surface area contributed by atoms with Crippen LogP contribution < -0.4 is 5.32 Å². The number of amides is 1. The topological polar surface area (TPSA) is 82.5 Å². The third kappa shape index (κ3) is 4.23. The zero-order chi connectivity index (χ0) is 21.3. The van der Waals surface area contributed by atoms with Gasteiger partial charge in [-0.25, -0.2) is 9.19 Å². The molecule has 2 N–H and O–H groups in total. The van der Waals surface area contributed by atoms with Gasteiger partial charge in [-0.15, -0.1) is 0 Å². The van der Waals surface area contributed by atoms with Crippen LogP contribution in [-0.4, -0.2) is 43.4 Å². The molecule has 1 amide bonds. The van der Waals surface area contributed by atoms with Gasteiger partial charge in [0.2, 0.25) is 0 Å². The van der Waals surface area contributed by atoms with Crippen LogP contribution >= 0.6 is 0 Å². The van der Waals surface area contributed by atoms with Crippen LogP contribution in [0.25, 0.3) is 0 Å². The average molecular weight is 430 g/mol. The first-order chi connectivity index (χ1) is 14.5. The Kier molecular flexibility index (Phi) is 6.39. The summed E-state index contributed by atoms with van der Waals surface area (Å²) in [6.45, 7) is 5.06. The molecule has 1 aromatic rings. The van der Waals surface area contributed by atoms with Gasteiger partial charge >= 0.3 is 0 Å². The summed E-state index contributed by atoms with van der Waals surface area (Å²) in [4.78, 5) is 19.7. The minimum atomic E-state index is -1.91. The van der Waals surface area contributed by atoms with Crippen LogP contribution in [0.1, 0.15) is 79.4 Å². The Bertz CT molecular complexity index is 911. The quantitative estimate of drug-likeness (QED) is 0.598. The van der Waals surface area contributed by atoms with Gasteiger partial charge in [-0.3, -0.25) is 4.79 Å². The van der Waals surface area contributed by atoms with E-state index in [-0.39, 0.29) is 18.2 Å². The molecular weight excluding hydrogens is 398 g/mol. The second kappa shape index (κ2) is 9.02. The fourth-order valence-electron chi connectivity index (χ4n) is 5.17. The highest BCUT2D eigenvalue weighted by atomic mass is 32.2. The molecule has 1 saturated carbocycles. The van der Waals surface area contributed by atoms with E-state index in [9.17, 15) is 13.6 Å². The van der Waals surface area contributed by atoms with E-state index in [4.69, 9.17) is 0 Å². The maximum atomic E-state index is 13.4. The lowest BCUT2D eigenvalue weighted by molar-refractivity contribution is 0.0758. The van der Waals surface area contributed by atoms with Crippen LogP contribution in [0.3, 0.4) is 0 Å². The minimum absolute atomic E-state index is 0.0678. The molecule has 162 valence electrons. The van der Waals surface area contributed by atoms with E-state index in [0.29, 0.717) is 30.0 Å². The van der Waals surface area contributed by atoms with Crippen molar-refractivity contribution in [2.24, 2.45) is 5.92 Å². The molecule has 0 aliphatic heterocycles. The standard InChI is InChI=1S/C23H31N3O3S/c1-3-9-26(10-11-30(28)29)23(27)22-21-17-8-7-16(13-17)20(21)19(14-24-22)25-18-6-4-5-15(2)12-18/h4,6,12,14-17,25H,3,5,7-11,13H2,1-2H3,(H,28,29). The van der Waals surface area contributed by atoms with Crippen molar-refractivity contribution in [3.05, 3.63) is 46.9 Å². The number of fused-ring (bicyclic) bond motifs is 5. The number of hydrogen-bond donors (Lipinski definition) is 2. The Morgan fingerprint density at radius 3 is 2.77 bits per heavy atom. The van der Waals surface area contributed by atoms with E-state index < -0.39 is 11.1 Å². The van der Waals surface area contributed by atoms with Crippen molar-refractivity contribution in [3.8, 4) is 0 Å². The summed E-state index contributed by atoms with van der Waals surface area (Å²) in [5, 5.41) is 3.57. The number of aromatic nitrogens is 1. The molecule has 0 radical (unpaired) electrons. The highest BCUT2D eigenvalue weighted by molar-refractivity contribution is 7.79. The summed E-state index contributed by atoms with van der Waals surface area (Å²) in [7, 11) is 0. The summed E-state index contributed by atoms with van der Waals surface area (Å²) in [5.41, 5.74) is 5.04. The number of carbonyl (C=O) groups excluding carboxylic acids is 1. The molecule has 7 heteroatoms. The number of pyridine rings is 1. The van der Waals surface area contributed by atoms with Gasteiger partial charge in [-0.2, -0.15) is 0 Å². The SMILES string of the molecule is CCCN(CCS(=O)O)C(=O)c1ncc(NC2=CC(C)CC=C2)c2c1C1CCC2C1. The number of anilines is 1. The van der Waals surface area contributed by atoms with Gasteiger partial charge in [-0.05, 0) is 67.1 Å². The lowest BCUT2D eigenvalue weighted by Gasteiger charge is -2.26. The van der Waals surface area contributed by atoms with Crippen molar-refractivity contribution in [2.75, 3.05) is 24.2 Å². The van der Waals surface area contributed by atoms with Crippen LogP contribution in [0.15, 0.2) is 30.1 Å². The van der Waals surface area contributed by atoms with Gasteiger partial charge in [0.25, 0.3) is 5.91 Å². The van der Waals surface area contributed by atoms with E-state index in [1.54, 1.807) is 4.90 Å². The zero-order valence-electron chi connectivity index (χ0n) is 17.8. The molecule has 1 fully saturated rings. The predicted octanol–water partition coefficient (Wildman–Crippen LogP) is 4.41. The first-order valence-corrected chi connectivity index (χ1v) is 12.3. The Labute approximate surface area is 181 Å². The molecule has 6 nitrogen and oxygen atoms in total. The van der Waals surface area contributed by atoms with Gasteiger partial charge in [0.15, 0.2) is 11.1 Å². The second-order valence-electron chi connectivity index (χ2n) is 8.73. The third-order valence-electron chi connectivity index (χ3n) is 6.47. The van der Waals surface area contributed by atoms with E-state index >= 15 is 0 Å². The first kappa shape index (κ1) is 21.2. The number of allylic oxidation sites excluding steroid dienone is 3. The molecule has 0 saturated heterocycles. The minimum Gasteiger partial charge on any atom is -0.354 e. The molecule has 2 bridgehead atoms. The highest BCUT2D eigenvalue weighted by Crippen LogP contribution is 2.56. The van der Waals surface area contributed by atoms with Crippen LogP contribution in [0.4, 0.5) is 5.69 Å². The Hall–Kier alpha value is -1.99. The number of nitrogens with zero attached hydrogens (tertiary/aromatic N) is 2. The summed E-state index contributed by atoms with van der Waals surface area (Å²) in [6, 6.07) is 0. The van der Waals surface area contributed by atoms with Gasteiger partial charge in [0, 0.05) is 18.8 Å². The highest BCUT2D eigenvalue weighted by Gasteiger charge is 2.42. The number of nitrogens with one attached hydrogen (secondary N) is 1. The smallest absolute Gasteiger partial charge is 0.272 e. The monoisotopic (exact) mass is 429 g/mol. The van der Waals surface area contributed by atoms with Gasteiger partial charge < -0.3 is 14.8 Å². The van der Waals surface area contributed by atoms with Crippen LogP contribution in [0.5, 0.6) is 0 Å². The van der Waals surface area contributed by atoms with Crippen molar-refractivity contribution in [3.63, 3.8) is 0 Å². The molecule has 0 spiro atoms. The van der Waals surface area contributed by atoms with E-state index in [1.807, 2.05) is 13.1 Å². The third-order valence-corrected chi connectivity index (χ3v) is 7.01. The van der Waals surface area contributed by atoms with Gasteiger partial charge in [0.05, 0.1) is 17.6 Å². The maximum absolute atomic E-state index is 13.4. The van der Waals surface area contributed by atoms with E-state index in [2.05, 4.69) is 35.5 Å². The first-order valence-electron chi connectivity index (χ1n) is 11.0. The van der Waals surface area contributed by atoms with Crippen LogP contribution in [0, 0.1) is 5.92 Å². The average Bonchev–Trinajstić information content (AvgIpc) is 3.33. The molecular formula is C23H31N3O3S. The number of hydrogen-bond acceptors (Lipinski definition) is 4. The molecule has 4 unspecified atom stereocenters. The van der Waals surface area contributed by atoms with Crippen molar-refractivity contribution < 1.29 is 13.6 Å². The zero-order valence-corrected chi connectivity index (χ0v) is 18.6. The molecule has 3 aliphatic rings. The van der Waals surface area contributed by atoms with Crippen molar-refractivity contribution >= 4 is 22.7 Å². The summed E-state index contributed by atoms with van der Waals surface area (Å²) < 4.78 is 20.3. The fourth-order valence-corrected chi connectivity index (χ4v) is 5.55. The van der Waals surface area contributed by atoms with Crippen LogP contribution in [-0.2, 0) is 11.1 Å². The molecule has 1 aromatic heterocycles. The van der Waals surface area contributed by atoms with Gasteiger partial charge in [-0.1, -0.05) is 26.0 Å². The van der Waals surface area contributed by atoms with Crippen molar-refractivity contribution in [2.45, 2.75) is 57.8 Å². The molecule has 1 heterocycles. The Morgan fingerprint density at radius 1 is 1.30 bits per heavy atom. The predicted molar refractivity (Wildman–Crippen MR) is 120 cm³/mol.